The van der Waals surface area contributed by atoms with Gasteiger partial charge in [-0.15, -0.1) is 0 Å². The fourth-order valence-corrected chi connectivity index (χ4v) is 2.94. The van der Waals surface area contributed by atoms with Gasteiger partial charge in [0.2, 0.25) is 0 Å². The second-order valence-corrected chi connectivity index (χ2v) is 6.51. The molecule has 4 nitrogen and oxygen atoms in total. The second-order valence-electron chi connectivity index (χ2n) is 6.11. The van der Waals surface area contributed by atoms with Crippen LogP contribution in [0.15, 0.2) is 60.9 Å². The van der Waals surface area contributed by atoms with E-state index < -0.39 is 0 Å². The quantitative estimate of drug-likeness (QED) is 0.639. The van der Waals surface area contributed by atoms with Crippen molar-refractivity contribution in [2.24, 2.45) is 5.73 Å². The molecule has 1 unspecified atom stereocenters. The van der Waals surface area contributed by atoms with Gasteiger partial charge in [-0.1, -0.05) is 29.8 Å². The molecular formula is C21H20ClFN2O2. The molecule has 3 rings (SSSR count). The fourth-order valence-electron chi connectivity index (χ4n) is 2.72. The van der Waals surface area contributed by atoms with E-state index in [2.05, 4.69) is 4.98 Å². The molecular weight excluding hydrogens is 367 g/mol. The first-order valence-corrected chi connectivity index (χ1v) is 8.83. The average molecular weight is 387 g/mol. The Kier molecular flexibility index (Phi) is 6.27. The van der Waals surface area contributed by atoms with Crippen LogP contribution in [-0.2, 0) is 13.0 Å². The van der Waals surface area contributed by atoms with E-state index in [9.17, 15) is 4.39 Å². The Labute approximate surface area is 162 Å². The molecule has 0 radical (unpaired) electrons. The van der Waals surface area contributed by atoms with E-state index in [0.717, 1.165) is 11.1 Å². The SMILES string of the molecule is COc1cc(CC(N)c2cccnc2)ccc1OCc1ccc(F)cc1Cl. The van der Waals surface area contributed by atoms with Crippen molar-refractivity contribution in [3.8, 4) is 11.5 Å². The third-order valence-corrected chi connectivity index (χ3v) is 4.55. The van der Waals surface area contributed by atoms with Crippen molar-refractivity contribution in [3.05, 3.63) is 88.5 Å². The van der Waals surface area contributed by atoms with Gasteiger partial charge in [0.05, 0.1) is 12.1 Å². The van der Waals surface area contributed by atoms with Crippen LogP contribution in [-0.4, -0.2) is 12.1 Å². The minimum atomic E-state index is -0.379. The number of nitrogens with two attached hydrogens (primary N) is 1. The van der Waals surface area contributed by atoms with Gasteiger partial charge in [-0.25, -0.2) is 4.39 Å². The van der Waals surface area contributed by atoms with Crippen LogP contribution >= 0.6 is 11.6 Å². The number of aromatic nitrogens is 1. The standard InChI is InChI=1S/C21H20ClFN2O2/c1-26-21-10-14(9-19(24)15-3-2-8-25-12-15)4-7-20(21)27-13-16-5-6-17(23)11-18(16)22/h2-8,10-12,19H,9,13,24H2,1H3. The minimum Gasteiger partial charge on any atom is -0.493 e. The molecule has 0 fully saturated rings. The van der Waals surface area contributed by atoms with E-state index in [1.165, 1.54) is 12.1 Å². The molecule has 0 bridgehead atoms. The highest BCUT2D eigenvalue weighted by Gasteiger charge is 2.12. The highest BCUT2D eigenvalue weighted by atomic mass is 35.5. The number of ether oxygens (including phenoxy) is 2. The normalized spacial score (nSPS) is 11.9. The summed E-state index contributed by atoms with van der Waals surface area (Å²) in [4.78, 5) is 4.10. The van der Waals surface area contributed by atoms with E-state index in [1.54, 1.807) is 25.6 Å². The number of methoxy groups -OCH3 is 1. The topological polar surface area (TPSA) is 57.4 Å². The molecule has 1 aromatic heterocycles. The minimum absolute atomic E-state index is 0.159. The van der Waals surface area contributed by atoms with Gasteiger partial charge >= 0.3 is 0 Å². The molecule has 0 aliphatic rings. The Morgan fingerprint density at radius 1 is 1.15 bits per heavy atom. The van der Waals surface area contributed by atoms with Gasteiger partial charge < -0.3 is 15.2 Å². The van der Waals surface area contributed by atoms with Crippen molar-refractivity contribution < 1.29 is 13.9 Å². The fraction of sp³-hybridized carbons (Fsp3) is 0.190. The van der Waals surface area contributed by atoms with E-state index in [0.29, 0.717) is 28.5 Å². The van der Waals surface area contributed by atoms with Gasteiger partial charge in [-0.2, -0.15) is 0 Å². The molecule has 1 heterocycles. The number of hydrogen-bond acceptors (Lipinski definition) is 4. The summed E-state index contributed by atoms with van der Waals surface area (Å²) in [7, 11) is 1.58. The first-order chi connectivity index (χ1) is 13.1. The molecule has 0 aliphatic heterocycles. The van der Waals surface area contributed by atoms with Crippen LogP contribution in [0, 0.1) is 5.82 Å². The summed E-state index contributed by atoms with van der Waals surface area (Å²) < 4.78 is 24.4. The lowest BCUT2D eigenvalue weighted by atomic mass is 10.0. The Morgan fingerprint density at radius 2 is 2.00 bits per heavy atom. The van der Waals surface area contributed by atoms with Crippen LogP contribution in [0.5, 0.6) is 11.5 Å². The van der Waals surface area contributed by atoms with Crippen molar-refractivity contribution in [2.75, 3.05) is 7.11 Å². The van der Waals surface area contributed by atoms with E-state index in [1.807, 2.05) is 30.3 Å². The maximum absolute atomic E-state index is 13.1. The summed E-state index contributed by atoms with van der Waals surface area (Å²) in [5.41, 5.74) is 8.96. The predicted molar refractivity (Wildman–Crippen MR) is 104 cm³/mol. The Hall–Kier alpha value is -2.63. The number of pyridine rings is 1. The van der Waals surface area contributed by atoms with Crippen molar-refractivity contribution in [2.45, 2.75) is 19.1 Å². The van der Waals surface area contributed by atoms with E-state index in [4.69, 9.17) is 26.8 Å². The monoisotopic (exact) mass is 386 g/mol. The van der Waals surface area contributed by atoms with Gasteiger partial charge in [0.15, 0.2) is 11.5 Å². The van der Waals surface area contributed by atoms with Crippen LogP contribution in [0.1, 0.15) is 22.7 Å². The molecule has 140 valence electrons. The molecule has 1 atom stereocenters. The predicted octanol–water partition coefficient (Wildman–Crippen LogP) is 4.70. The van der Waals surface area contributed by atoms with Crippen LogP contribution in [0.2, 0.25) is 5.02 Å². The molecule has 2 aromatic carbocycles. The number of halogens is 2. The van der Waals surface area contributed by atoms with Crippen molar-refractivity contribution in [1.82, 2.24) is 4.98 Å². The van der Waals surface area contributed by atoms with E-state index >= 15 is 0 Å². The number of hydrogen-bond donors (Lipinski definition) is 1. The largest absolute Gasteiger partial charge is 0.493 e. The van der Waals surface area contributed by atoms with Crippen LogP contribution in [0.4, 0.5) is 4.39 Å². The molecule has 2 N–H and O–H groups in total. The highest BCUT2D eigenvalue weighted by Crippen LogP contribution is 2.31. The maximum atomic E-state index is 13.1. The zero-order chi connectivity index (χ0) is 19.2. The smallest absolute Gasteiger partial charge is 0.161 e. The summed E-state index contributed by atoms with van der Waals surface area (Å²) in [5, 5.41) is 0.327. The van der Waals surface area contributed by atoms with Gasteiger partial charge in [0.25, 0.3) is 0 Å². The van der Waals surface area contributed by atoms with Crippen LogP contribution in [0.3, 0.4) is 0 Å². The van der Waals surface area contributed by atoms with Crippen molar-refractivity contribution >= 4 is 11.6 Å². The molecule has 0 spiro atoms. The molecule has 3 aromatic rings. The number of rotatable bonds is 7. The van der Waals surface area contributed by atoms with Crippen molar-refractivity contribution in [1.29, 1.82) is 0 Å². The molecule has 0 aliphatic carbocycles. The highest BCUT2D eigenvalue weighted by molar-refractivity contribution is 6.31. The molecule has 27 heavy (non-hydrogen) atoms. The molecule has 6 heteroatoms. The summed E-state index contributed by atoms with van der Waals surface area (Å²) in [6.45, 7) is 0.212. The molecule has 0 saturated carbocycles. The van der Waals surface area contributed by atoms with Gasteiger partial charge in [0, 0.05) is 24.0 Å². The second kappa shape index (κ2) is 8.84. The van der Waals surface area contributed by atoms with Crippen LogP contribution in [0.25, 0.3) is 0 Å². The third kappa shape index (κ3) is 4.96. The Morgan fingerprint density at radius 3 is 2.70 bits per heavy atom. The first kappa shape index (κ1) is 19.1. The Bertz CT molecular complexity index is 906. The van der Waals surface area contributed by atoms with E-state index in [-0.39, 0.29) is 18.5 Å². The molecule has 0 saturated heterocycles. The van der Waals surface area contributed by atoms with Gasteiger partial charge in [-0.05, 0) is 47.9 Å². The van der Waals surface area contributed by atoms with Crippen molar-refractivity contribution in [3.63, 3.8) is 0 Å². The van der Waals surface area contributed by atoms with Gasteiger partial charge in [-0.3, -0.25) is 4.98 Å². The summed E-state index contributed by atoms with van der Waals surface area (Å²) in [5.74, 6) is 0.802. The number of nitrogens with zero attached hydrogens (tertiary/aromatic N) is 1. The van der Waals surface area contributed by atoms with Gasteiger partial charge in [0.1, 0.15) is 12.4 Å². The first-order valence-electron chi connectivity index (χ1n) is 8.46. The lowest BCUT2D eigenvalue weighted by molar-refractivity contribution is 0.284. The summed E-state index contributed by atoms with van der Waals surface area (Å²) in [6, 6.07) is 13.6. The lowest BCUT2D eigenvalue weighted by Gasteiger charge is -2.15. The summed E-state index contributed by atoms with van der Waals surface area (Å²) >= 11 is 6.04. The van der Waals surface area contributed by atoms with Crippen LogP contribution < -0.4 is 15.2 Å². The zero-order valence-corrected chi connectivity index (χ0v) is 15.6. The zero-order valence-electron chi connectivity index (χ0n) is 14.9. The summed E-state index contributed by atoms with van der Waals surface area (Å²) in [6.07, 6.45) is 4.14. The third-order valence-electron chi connectivity index (χ3n) is 4.19. The molecule has 0 amide bonds. The maximum Gasteiger partial charge on any atom is 0.161 e. The lowest BCUT2D eigenvalue weighted by Crippen LogP contribution is -2.13. The number of benzene rings is 2. The average Bonchev–Trinajstić information content (AvgIpc) is 2.68. The Balaban J connectivity index is 1.70.